The summed E-state index contributed by atoms with van der Waals surface area (Å²) in [6.07, 6.45) is 1.02. The number of rotatable bonds is 3. The summed E-state index contributed by atoms with van der Waals surface area (Å²) in [5, 5.41) is 17.4. The number of carboxylic acids is 1. The van der Waals surface area contributed by atoms with Gasteiger partial charge in [-0.25, -0.2) is 0 Å². The van der Waals surface area contributed by atoms with Gasteiger partial charge in [-0.2, -0.15) is 5.26 Å². The molecule has 0 spiro atoms. The highest BCUT2D eigenvalue weighted by molar-refractivity contribution is 8.01. The molecule has 0 aromatic carbocycles. The Morgan fingerprint density at radius 1 is 1.86 bits per heavy atom. The fourth-order valence-corrected chi connectivity index (χ4v) is 3.19. The monoisotopic (exact) mass is 229 g/mol. The van der Waals surface area contributed by atoms with Gasteiger partial charge in [-0.3, -0.25) is 4.79 Å². The summed E-state index contributed by atoms with van der Waals surface area (Å²) in [6, 6.07) is 2.19. The predicted octanol–water partition coefficient (Wildman–Crippen LogP) is 1.87. The number of nitriles is 1. The molecule has 1 rings (SSSR count). The lowest BCUT2D eigenvalue weighted by Gasteiger charge is -2.19. The normalized spacial score (nSPS) is 31.0. The minimum Gasteiger partial charge on any atom is -0.480 e. The van der Waals surface area contributed by atoms with Gasteiger partial charge >= 0.3 is 5.97 Å². The largest absolute Gasteiger partial charge is 0.480 e. The Hall–Kier alpha value is -0.600. The summed E-state index contributed by atoms with van der Waals surface area (Å²) in [7, 11) is 0. The van der Waals surface area contributed by atoms with Gasteiger partial charge in [0.25, 0.3) is 0 Å². The van der Waals surface area contributed by atoms with Crippen molar-refractivity contribution in [1.29, 1.82) is 5.26 Å². The van der Waals surface area contributed by atoms with E-state index in [0.717, 1.165) is 0 Å². The molecule has 1 saturated heterocycles. The number of hydrogen-bond acceptors (Lipinski definition) is 4. The average Bonchev–Trinajstić information content (AvgIpc) is 2.62. The smallest absolute Gasteiger partial charge is 0.316 e. The molecule has 3 nitrogen and oxygen atoms in total. The molecule has 1 N–H and O–H groups in total. The number of nitrogens with zero attached hydrogens (tertiary/aromatic N) is 1. The van der Waals surface area contributed by atoms with Crippen LogP contribution in [0.25, 0.3) is 0 Å². The van der Waals surface area contributed by atoms with E-state index in [-0.39, 0.29) is 0 Å². The zero-order chi connectivity index (χ0) is 10.8. The maximum absolute atomic E-state index is 10.7. The van der Waals surface area contributed by atoms with Gasteiger partial charge in [0.05, 0.1) is 11.5 Å². The number of carbonyl (C=O) groups is 1. The van der Waals surface area contributed by atoms with Crippen molar-refractivity contribution in [2.75, 3.05) is 5.75 Å². The first-order chi connectivity index (χ1) is 6.55. The van der Waals surface area contributed by atoms with Crippen LogP contribution in [0.3, 0.4) is 0 Å². The predicted molar refractivity (Wildman–Crippen MR) is 59.4 cm³/mol. The molecule has 0 amide bonds. The summed E-state index contributed by atoms with van der Waals surface area (Å²) < 4.78 is 0. The molecular weight excluding hydrogens is 218 g/mol. The molecule has 0 aromatic rings. The molecule has 0 aromatic heterocycles. The molecule has 14 heavy (non-hydrogen) atoms. The van der Waals surface area contributed by atoms with Crippen LogP contribution in [0.5, 0.6) is 0 Å². The maximum atomic E-state index is 10.7. The van der Waals surface area contributed by atoms with Gasteiger partial charge in [-0.05, 0) is 12.8 Å². The fraction of sp³-hybridized carbons (Fsp3) is 0.667. The molecule has 2 atom stereocenters. The first kappa shape index (κ1) is 11.5. The van der Waals surface area contributed by atoms with E-state index in [1.54, 1.807) is 0 Å². The van der Waals surface area contributed by atoms with Crippen LogP contribution in [-0.4, -0.2) is 26.9 Å². The van der Waals surface area contributed by atoms with Crippen molar-refractivity contribution >= 4 is 34.8 Å². The van der Waals surface area contributed by atoms with Gasteiger partial charge in [-0.1, -0.05) is 19.1 Å². The van der Waals surface area contributed by atoms with E-state index < -0.39 is 16.6 Å². The molecule has 0 radical (unpaired) electrons. The molecule has 0 aliphatic carbocycles. The number of thioether (sulfide) groups is 1. The molecular formula is C9H11NO2S2. The van der Waals surface area contributed by atoms with Crippen LogP contribution in [0.1, 0.15) is 19.8 Å². The van der Waals surface area contributed by atoms with Gasteiger partial charge < -0.3 is 5.11 Å². The highest BCUT2D eigenvalue weighted by Crippen LogP contribution is 2.42. The van der Waals surface area contributed by atoms with Crippen molar-refractivity contribution in [3.63, 3.8) is 0 Å². The van der Waals surface area contributed by atoms with E-state index in [1.165, 1.54) is 11.8 Å². The third-order valence-electron chi connectivity index (χ3n) is 2.41. The highest BCUT2D eigenvalue weighted by Gasteiger charge is 2.45. The van der Waals surface area contributed by atoms with Crippen LogP contribution in [0.15, 0.2) is 0 Å². The number of aliphatic carboxylic acids is 1. The second-order valence-electron chi connectivity index (χ2n) is 3.31. The lowest BCUT2D eigenvalue weighted by atomic mass is 9.82. The third-order valence-corrected chi connectivity index (χ3v) is 4.52. The van der Waals surface area contributed by atoms with Gasteiger partial charge in [0.1, 0.15) is 5.25 Å². The quantitative estimate of drug-likeness (QED) is 0.748. The lowest BCUT2D eigenvalue weighted by Crippen LogP contribution is -2.29. The van der Waals surface area contributed by atoms with Crippen LogP contribution < -0.4 is 0 Å². The van der Waals surface area contributed by atoms with Crippen LogP contribution in [-0.2, 0) is 4.79 Å². The second-order valence-corrected chi connectivity index (χ2v) is 5.00. The van der Waals surface area contributed by atoms with Crippen molar-refractivity contribution in [2.24, 2.45) is 5.41 Å². The summed E-state index contributed by atoms with van der Waals surface area (Å²) in [6.45, 7) is 1.90. The van der Waals surface area contributed by atoms with E-state index in [1.807, 2.05) is 6.92 Å². The zero-order valence-electron chi connectivity index (χ0n) is 7.82. The van der Waals surface area contributed by atoms with Crippen LogP contribution in [0.2, 0.25) is 0 Å². The SMILES string of the molecule is CCC(=S)C1(C#N)CSC(C(=O)O)C1. The van der Waals surface area contributed by atoms with E-state index in [4.69, 9.17) is 22.6 Å². The second kappa shape index (κ2) is 4.28. The molecule has 1 aliphatic rings. The first-order valence-corrected chi connectivity index (χ1v) is 5.80. The average molecular weight is 229 g/mol. The summed E-state index contributed by atoms with van der Waals surface area (Å²) >= 11 is 6.45. The Morgan fingerprint density at radius 2 is 2.50 bits per heavy atom. The van der Waals surface area contributed by atoms with E-state index in [9.17, 15) is 4.79 Å². The molecule has 2 unspecified atom stereocenters. The number of thiocarbonyl (C=S) groups is 1. The Kier molecular flexibility index (Phi) is 3.51. The Labute approximate surface area is 92.5 Å². The Balaban J connectivity index is 2.82. The number of carboxylic acid groups (broad SMARTS) is 1. The summed E-state index contributed by atoms with van der Waals surface area (Å²) in [5.74, 6) is -0.321. The minimum atomic E-state index is -0.842. The van der Waals surface area contributed by atoms with Gasteiger partial charge in [0.15, 0.2) is 0 Å². The van der Waals surface area contributed by atoms with Crippen LogP contribution in [0.4, 0.5) is 0 Å². The van der Waals surface area contributed by atoms with Crippen molar-refractivity contribution in [2.45, 2.75) is 25.0 Å². The number of hydrogen-bond donors (Lipinski definition) is 1. The third kappa shape index (κ3) is 1.91. The molecule has 0 saturated carbocycles. The highest BCUT2D eigenvalue weighted by atomic mass is 32.2. The first-order valence-electron chi connectivity index (χ1n) is 4.34. The molecule has 76 valence electrons. The minimum absolute atomic E-state index is 0.357. The zero-order valence-corrected chi connectivity index (χ0v) is 9.45. The Bertz CT molecular complexity index is 310. The fourth-order valence-electron chi connectivity index (χ4n) is 1.51. The van der Waals surface area contributed by atoms with Gasteiger partial charge in [0, 0.05) is 10.6 Å². The van der Waals surface area contributed by atoms with E-state index in [2.05, 4.69) is 6.07 Å². The summed E-state index contributed by atoms with van der Waals surface area (Å²) in [5.41, 5.74) is -0.683. The molecule has 5 heteroatoms. The topological polar surface area (TPSA) is 61.1 Å². The molecule has 1 fully saturated rings. The van der Waals surface area contributed by atoms with Crippen LogP contribution in [0, 0.1) is 16.7 Å². The van der Waals surface area contributed by atoms with E-state index in [0.29, 0.717) is 23.5 Å². The standard InChI is InChI=1S/C9H11NO2S2/c1-2-7(13)9(4-10)3-6(8(11)12)14-5-9/h6H,2-3,5H2,1H3,(H,11,12). The Morgan fingerprint density at radius 3 is 2.86 bits per heavy atom. The van der Waals surface area contributed by atoms with Crippen molar-refractivity contribution in [3.8, 4) is 6.07 Å². The lowest BCUT2D eigenvalue weighted by molar-refractivity contribution is -0.136. The van der Waals surface area contributed by atoms with Crippen molar-refractivity contribution in [1.82, 2.24) is 0 Å². The molecule has 1 heterocycles. The molecule has 0 bridgehead atoms. The van der Waals surface area contributed by atoms with Crippen molar-refractivity contribution in [3.05, 3.63) is 0 Å². The van der Waals surface area contributed by atoms with Crippen molar-refractivity contribution < 1.29 is 9.90 Å². The maximum Gasteiger partial charge on any atom is 0.316 e. The van der Waals surface area contributed by atoms with E-state index >= 15 is 0 Å². The van der Waals surface area contributed by atoms with Crippen LogP contribution >= 0.6 is 24.0 Å². The molecule has 1 aliphatic heterocycles. The summed E-state index contributed by atoms with van der Waals surface area (Å²) in [4.78, 5) is 11.4. The van der Waals surface area contributed by atoms with Gasteiger partial charge in [-0.15, -0.1) is 11.8 Å². The van der Waals surface area contributed by atoms with Gasteiger partial charge in [0.2, 0.25) is 0 Å².